The molecule has 1 N–H and O–H groups in total. The topological polar surface area (TPSA) is 84.9 Å². The number of amides is 2. The van der Waals surface area contributed by atoms with Crippen LogP contribution in [0, 0.1) is 5.92 Å². The monoisotopic (exact) mass is 434 g/mol. The van der Waals surface area contributed by atoms with Crippen LogP contribution >= 0.6 is 0 Å². The third-order valence-electron chi connectivity index (χ3n) is 4.22. The molecule has 0 unspecified atom stereocenters. The molecule has 7 nitrogen and oxygen atoms in total. The Hall–Kier alpha value is -2.74. The average molecular weight is 435 g/mol. The quantitative estimate of drug-likeness (QED) is 0.557. The third kappa shape index (κ3) is 8.32. The van der Waals surface area contributed by atoms with Gasteiger partial charge < -0.3 is 19.1 Å². The molecule has 0 atom stereocenters. The molecule has 164 valence electrons. The van der Waals surface area contributed by atoms with Crippen molar-refractivity contribution < 1.29 is 22.1 Å². The molecule has 0 saturated carbocycles. The van der Waals surface area contributed by atoms with Gasteiger partial charge in [-0.15, -0.1) is 0 Å². The summed E-state index contributed by atoms with van der Waals surface area (Å²) in [6.07, 6.45) is 1.87. The van der Waals surface area contributed by atoms with E-state index in [-0.39, 0.29) is 11.8 Å². The highest BCUT2D eigenvalue weighted by Crippen LogP contribution is 2.19. The molecule has 0 aromatic heterocycles. The van der Waals surface area contributed by atoms with E-state index in [4.69, 9.17) is 8.92 Å². The minimum Gasteiger partial charge on any atom is -0.494 e. The molecule has 0 heterocycles. The van der Waals surface area contributed by atoms with Crippen molar-refractivity contribution in [2.45, 2.75) is 33.7 Å². The van der Waals surface area contributed by atoms with Crippen LogP contribution in [0.25, 0.3) is 0 Å². The van der Waals surface area contributed by atoms with E-state index in [1.807, 2.05) is 19.1 Å². The Morgan fingerprint density at radius 1 is 1.03 bits per heavy atom. The van der Waals surface area contributed by atoms with Crippen LogP contribution in [0.4, 0.5) is 10.5 Å². The molecule has 0 aliphatic carbocycles. The predicted octanol–water partition coefficient (Wildman–Crippen LogP) is 4.50. The van der Waals surface area contributed by atoms with Crippen molar-refractivity contribution in [1.82, 2.24) is 4.90 Å². The number of benzene rings is 2. The Balaban J connectivity index is 2.07. The lowest BCUT2D eigenvalue weighted by atomic mass is 10.1. The van der Waals surface area contributed by atoms with Gasteiger partial charge in [0.05, 0.1) is 12.9 Å². The van der Waals surface area contributed by atoms with Crippen LogP contribution in [0.15, 0.2) is 48.5 Å². The first-order valence-electron chi connectivity index (χ1n) is 9.93. The Morgan fingerprint density at radius 2 is 1.63 bits per heavy atom. The standard InChI is InChI=1S/C22H30N2O5S/c1-5-28-20-12-8-19(9-13-20)23-22(25)24(15-14-17(2)3)16-18-6-10-21(11-7-18)29-30(4,26)27/h6-13,17H,5,14-16H2,1-4H3,(H,23,25). The molecule has 2 rings (SSSR count). The molecular formula is C22H30N2O5S. The van der Waals surface area contributed by atoms with Gasteiger partial charge in [-0.05, 0) is 61.2 Å². The van der Waals surface area contributed by atoms with Gasteiger partial charge >= 0.3 is 16.1 Å². The Bertz CT molecular complexity index is 910. The highest BCUT2D eigenvalue weighted by Gasteiger charge is 2.15. The molecular weight excluding hydrogens is 404 g/mol. The van der Waals surface area contributed by atoms with Crippen LogP contribution in [0.5, 0.6) is 11.5 Å². The van der Waals surface area contributed by atoms with E-state index in [1.54, 1.807) is 41.3 Å². The number of rotatable bonds is 10. The van der Waals surface area contributed by atoms with Crippen molar-refractivity contribution in [3.8, 4) is 11.5 Å². The second-order valence-corrected chi connectivity index (χ2v) is 9.00. The maximum absolute atomic E-state index is 12.9. The summed E-state index contributed by atoms with van der Waals surface area (Å²) in [4.78, 5) is 14.6. The van der Waals surface area contributed by atoms with E-state index >= 15 is 0 Å². The fourth-order valence-corrected chi connectivity index (χ4v) is 3.18. The van der Waals surface area contributed by atoms with Crippen molar-refractivity contribution in [2.75, 3.05) is 24.7 Å². The van der Waals surface area contributed by atoms with Crippen LogP contribution in [0.1, 0.15) is 32.8 Å². The molecule has 0 spiro atoms. The van der Waals surface area contributed by atoms with E-state index in [1.165, 1.54) is 0 Å². The maximum Gasteiger partial charge on any atom is 0.322 e. The predicted molar refractivity (Wildman–Crippen MR) is 118 cm³/mol. The Morgan fingerprint density at radius 3 is 2.17 bits per heavy atom. The number of nitrogens with one attached hydrogen (secondary N) is 1. The zero-order valence-corrected chi connectivity index (χ0v) is 18.7. The van der Waals surface area contributed by atoms with Gasteiger partial charge in [0.25, 0.3) is 0 Å². The fourth-order valence-electron chi connectivity index (χ4n) is 2.72. The second-order valence-electron chi connectivity index (χ2n) is 7.42. The van der Waals surface area contributed by atoms with Crippen molar-refractivity contribution >= 4 is 21.8 Å². The summed E-state index contributed by atoms with van der Waals surface area (Å²) in [7, 11) is -3.57. The normalized spacial score (nSPS) is 11.2. The van der Waals surface area contributed by atoms with E-state index in [0.717, 1.165) is 24.0 Å². The van der Waals surface area contributed by atoms with Crippen LogP contribution < -0.4 is 14.2 Å². The highest BCUT2D eigenvalue weighted by atomic mass is 32.2. The van der Waals surface area contributed by atoms with Gasteiger partial charge in [-0.25, -0.2) is 4.79 Å². The Labute approximate surface area is 179 Å². The maximum atomic E-state index is 12.9. The molecule has 2 amide bonds. The van der Waals surface area contributed by atoms with Crippen LogP contribution in [0.3, 0.4) is 0 Å². The summed E-state index contributed by atoms with van der Waals surface area (Å²) in [5.41, 5.74) is 1.57. The Kier molecular flexibility index (Phi) is 8.53. The lowest BCUT2D eigenvalue weighted by Crippen LogP contribution is -2.35. The number of ether oxygens (including phenoxy) is 1. The van der Waals surface area contributed by atoms with Gasteiger partial charge in [0, 0.05) is 18.8 Å². The van der Waals surface area contributed by atoms with Gasteiger partial charge in [-0.3, -0.25) is 0 Å². The summed E-state index contributed by atoms with van der Waals surface area (Å²) >= 11 is 0. The summed E-state index contributed by atoms with van der Waals surface area (Å²) in [6, 6.07) is 13.7. The van der Waals surface area contributed by atoms with Crippen molar-refractivity contribution in [3.63, 3.8) is 0 Å². The number of carbonyl (C=O) groups is 1. The molecule has 0 fully saturated rings. The van der Waals surface area contributed by atoms with Crippen molar-refractivity contribution in [3.05, 3.63) is 54.1 Å². The summed E-state index contributed by atoms with van der Waals surface area (Å²) < 4.78 is 32.8. The first-order valence-corrected chi connectivity index (χ1v) is 11.7. The second kappa shape index (κ2) is 10.9. The van der Waals surface area contributed by atoms with Crippen LogP contribution in [0.2, 0.25) is 0 Å². The van der Waals surface area contributed by atoms with Crippen molar-refractivity contribution in [2.24, 2.45) is 5.92 Å². The minimum atomic E-state index is -3.57. The highest BCUT2D eigenvalue weighted by molar-refractivity contribution is 7.86. The number of carbonyl (C=O) groups excluding carboxylic acids is 1. The number of hydrogen-bond donors (Lipinski definition) is 1. The largest absolute Gasteiger partial charge is 0.494 e. The number of urea groups is 1. The number of hydrogen-bond acceptors (Lipinski definition) is 5. The van der Waals surface area contributed by atoms with Gasteiger partial charge in [-0.2, -0.15) is 8.42 Å². The van der Waals surface area contributed by atoms with E-state index in [9.17, 15) is 13.2 Å². The van der Waals surface area contributed by atoms with Crippen LogP contribution in [-0.2, 0) is 16.7 Å². The molecule has 8 heteroatoms. The first-order chi connectivity index (χ1) is 14.2. The number of nitrogens with zero attached hydrogens (tertiary/aromatic N) is 1. The minimum absolute atomic E-state index is 0.198. The molecule has 0 radical (unpaired) electrons. The van der Waals surface area contributed by atoms with Gasteiger partial charge in [0.15, 0.2) is 0 Å². The molecule has 0 aliphatic rings. The first kappa shape index (κ1) is 23.5. The SMILES string of the molecule is CCOc1ccc(NC(=O)N(CCC(C)C)Cc2ccc(OS(C)(=O)=O)cc2)cc1. The molecule has 0 bridgehead atoms. The average Bonchev–Trinajstić information content (AvgIpc) is 2.67. The van der Waals surface area contributed by atoms with Crippen LogP contribution in [-0.4, -0.2) is 38.8 Å². The summed E-state index contributed by atoms with van der Waals surface area (Å²) in [5.74, 6) is 1.45. The lowest BCUT2D eigenvalue weighted by Gasteiger charge is -2.24. The third-order valence-corrected chi connectivity index (χ3v) is 4.72. The molecule has 2 aromatic carbocycles. The lowest BCUT2D eigenvalue weighted by molar-refractivity contribution is 0.205. The van der Waals surface area contributed by atoms with E-state index in [0.29, 0.717) is 31.3 Å². The van der Waals surface area contributed by atoms with Crippen molar-refractivity contribution in [1.29, 1.82) is 0 Å². The molecule has 0 aliphatic heterocycles. The fraction of sp³-hybridized carbons (Fsp3) is 0.409. The van der Waals surface area contributed by atoms with Gasteiger partial charge in [0.2, 0.25) is 0 Å². The van der Waals surface area contributed by atoms with E-state index in [2.05, 4.69) is 19.2 Å². The molecule has 0 saturated heterocycles. The molecule has 2 aromatic rings. The van der Waals surface area contributed by atoms with Gasteiger partial charge in [0.1, 0.15) is 11.5 Å². The zero-order chi connectivity index (χ0) is 22.1. The van der Waals surface area contributed by atoms with Gasteiger partial charge in [-0.1, -0.05) is 26.0 Å². The summed E-state index contributed by atoms with van der Waals surface area (Å²) in [6.45, 7) is 7.72. The smallest absolute Gasteiger partial charge is 0.322 e. The summed E-state index contributed by atoms with van der Waals surface area (Å²) in [5, 5.41) is 2.93. The zero-order valence-electron chi connectivity index (χ0n) is 17.9. The number of anilines is 1. The van der Waals surface area contributed by atoms with E-state index < -0.39 is 10.1 Å². The molecule has 30 heavy (non-hydrogen) atoms.